The van der Waals surface area contributed by atoms with E-state index >= 15 is 0 Å². The Hall–Kier alpha value is -2.50. The molecule has 3 aromatic rings. The van der Waals surface area contributed by atoms with Gasteiger partial charge in [0, 0.05) is 49.4 Å². The van der Waals surface area contributed by atoms with Gasteiger partial charge in [0.05, 0.1) is 12.2 Å². The molecular weight excluding hydrogens is 312 g/mol. The van der Waals surface area contributed by atoms with Crippen molar-refractivity contribution < 1.29 is 5.11 Å². The minimum absolute atomic E-state index is 0.190. The van der Waals surface area contributed by atoms with Crippen molar-refractivity contribution >= 4 is 0 Å². The molecule has 2 heterocycles. The first-order valence-electron chi connectivity index (χ1n) is 8.58. The summed E-state index contributed by atoms with van der Waals surface area (Å²) in [4.78, 5) is 4.21. The molecule has 2 aromatic heterocycles. The van der Waals surface area contributed by atoms with Crippen LogP contribution in [0.3, 0.4) is 0 Å². The van der Waals surface area contributed by atoms with Gasteiger partial charge in [-0.1, -0.05) is 37.3 Å². The quantitative estimate of drug-likeness (QED) is 0.664. The number of pyridine rings is 1. The number of hydrogen-bond acceptors (Lipinski definition) is 4. The van der Waals surface area contributed by atoms with E-state index in [0.29, 0.717) is 6.54 Å². The largest absolute Gasteiger partial charge is 0.396 e. The Balaban J connectivity index is 1.81. The zero-order valence-corrected chi connectivity index (χ0v) is 14.5. The Morgan fingerprint density at radius 1 is 1.16 bits per heavy atom. The van der Waals surface area contributed by atoms with Crippen LogP contribution in [-0.2, 0) is 13.1 Å². The monoisotopic (exact) mass is 336 g/mol. The standard InChI is InChI=1S/C20H24N4O/c1-16(15-25)10-22-12-19-14-24(13-17-6-3-2-4-7-17)23-20(19)18-8-5-9-21-11-18/h2-9,11,14,16,22,25H,10,12-13,15H2,1H3. The molecule has 130 valence electrons. The smallest absolute Gasteiger partial charge is 0.0983 e. The number of hydrogen-bond donors (Lipinski definition) is 2. The highest BCUT2D eigenvalue weighted by molar-refractivity contribution is 5.61. The van der Waals surface area contributed by atoms with Gasteiger partial charge in [0.1, 0.15) is 0 Å². The Morgan fingerprint density at radius 3 is 2.72 bits per heavy atom. The molecule has 5 heteroatoms. The van der Waals surface area contributed by atoms with Gasteiger partial charge in [-0.2, -0.15) is 5.10 Å². The highest BCUT2D eigenvalue weighted by Gasteiger charge is 2.12. The summed E-state index contributed by atoms with van der Waals surface area (Å²) in [6, 6.07) is 14.3. The van der Waals surface area contributed by atoms with E-state index in [2.05, 4.69) is 28.6 Å². The van der Waals surface area contributed by atoms with E-state index in [1.54, 1.807) is 6.20 Å². The lowest BCUT2D eigenvalue weighted by atomic mass is 10.1. The first kappa shape index (κ1) is 17.3. The Kier molecular flexibility index (Phi) is 5.93. The zero-order chi connectivity index (χ0) is 17.5. The normalized spacial score (nSPS) is 12.2. The third kappa shape index (κ3) is 4.75. The first-order chi connectivity index (χ1) is 12.3. The van der Waals surface area contributed by atoms with Crippen LogP contribution in [0.15, 0.2) is 61.1 Å². The minimum atomic E-state index is 0.190. The SMILES string of the molecule is CC(CO)CNCc1cn(Cc2ccccc2)nc1-c1cccnc1. The maximum atomic E-state index is 9.17. The predicted octanol–water partition coefficient (Wildman–Crippen LogP) is 2.71. The van der Waals surface area contributed by atoms with E-state index in [1.807, 2.05) is 48.1 Å². The van der Waals surface area contributed by atoms with Gasteiger partial charge in [0.15, 0.2) is 0 Å². The molecule has 0 aliphatic heterocycles. The summed E-state index contributed by atoms with van der Waals surface area (Å²) in [5.74, 6) is 0.237. The van der Waals surface area contributed by atoms with Crippen LogP contribution in [0.4, 0.5) is 0 Å². The Morgan fingerprint density at radius 2 is 2.00 bits per heavy atom. The number of nitrogens with one attached hydrogen (secondary N) is 1. The van der Waals surface area contributed by atoms with Crippen molar-refractivity contribution in [1.82, 2.24) is 20.1 Å². The topological polar surface area (TPSA) is 63.0 Å². The van der Waals surface area contributed by atoms with Crippen LogP contribution in [0.2, 0.25) is 0 Å². The molecule has 2 N–H and O–H groups in total. The van der Waals surface area contributed by atoms with Crippen LogP contribution in [0.5, 0.6) is 0 Å². The van der Waals surface area contributed by atoms with Crippen molar-refractivity contribution in [2.75, 3.05) is 13.2 Å². The molecule has 1 atom stereocenters. The Bertz CT molecular complexity index is 771. The molecule has 1 aromatic carbocycles. The number of rotatable bonds is 8. The van der Waals surface area contributed by atoms with E-state index in [0.717, 1.165) is 29.9 Å². The molecule has 25 heavy (non-hydrogen) atoms. The van der Waals surface area contributed by atoms with Gasteiger partial charge in [-0.3, -0.25) is 9.67 Å². The van der Waals surface area contributed by atoms with Crippen LogP contribution in [0.1, 0.15) is 18.1 Å². The van der Waals surface area contributed by atoms with E-state index in [4.69, 9.17) is 10.2 Å². The molecule has 3 rings (SSSR count). The number of aliphatic hydroxyl groups is 1. The molecule has 0 bridgehead atoms. The number of aliphatic hydroxyl groups excluding tert-OH is 1. The number of aromatic nitrogens is 3. The van der Waals surface area contributed by atoms with Crippen molar-refractivity contribution in [1.29, 1.82) is 0 Å². The molecule has 0 spiro atoms. The zero-order valence-electron chi connectivity index (χ0n) is 14.5. The van der Waals surface area contributed by atoms with Gasteiger partial charge < -0.3 is 10.4 Å². The molecule has 0 aliphatic rings. The molecule has 5 nitrogen and oxygen atoms in total. The fourth-order valence-corrected chi connectivity index (χ4v) is 2.71. The summed E-state index contributed by atoms with van der Waals surface area (Å²) in [5.41, 5.74) is 4.32. The summed E-state index contributed by atoms with van der Waals surface area (Å²) < 4.78 is 1.98. The van der Waals surface area contributed by atoms with Gasteiger partial charge in [0.2, 0.25) is 0 Å². The molecule has 0 saturated carbocycles. The summed E-state index contributed by atoms with van der Waals surface area (Å²) in [7, 11) is 0. The lowest BCUT2D eigenvalue weighted by Crippen LogP contribution is -2.22. The van der Waals surface area contributed by atoms with E-state index in [9.17, 15) is 0 Å². The van der Waals surface area contributed by atoms with Crippen molar-refractivity contribution in [2.45, 2.75) is 20.0 Å². The summed E-state index contributed by atoms with van der Waals surface area (Å²) in [6.07, 6.45) is 5.70. The van der Waals surface area contributed by atoms with Crippen LogP contribution in [0, 0.1) is 5.92 Å². The Labute approximate surface area is 148 Å². The third-order valence-electron chi connectivity index (χ3n) is 4.08. The average Bonchev–Trinajstić information content (AvgIpc) is 3.05. The van der Waals surface area contributed by atoms with Crippen molar-refractivity contribution in [3.63, 3.8) is 0 Å². The van der Waals surface area contributed by atoms with Crippen LogP contribution in [-0.4, -0.2) is 33.0 Å². The van der Waals surface area contributed by atoms with Gasteiger partial charge in [-0.15, -0.1) is 0 Å². The molecule has 0 fully saturated rings. The van der Waals surface area contributed by atoms with E-state index < -0.39 is 0 Å². The number of nitrogens with zero attached hydrogens (tertiary/aromatic N) is 3. The molecule has 0 saturated heterocycles. The van der Waals surface area contributed by atoms with Gasteiger partial charge in [-0.05, 0) is 23.6 Å². The molecule has 1 unspecified atom stereocenters. The fraction of sp³-hybridized carbons (Fsp3) is 0.300. The predicted molar refractivity (Wildman–Crippen MR) is 99.0 cm³/mol. The van der Waals surface area contributed by atoms with Crippen molar-refractivity contribution in [3.05, 3.63) is 72.2 Å². The maximum absolute atomic E-state index is 9.17. The third-order valence-corrected chi connectivity index (χ3v) is 4.08. The molecule has 0 aliphatic carbocycles. The molecule has 0 radical (unpaired) electrons. The highest BCUT2D eigenvalue weighted by Crippen LogP contribution is 2.21. The summed E-state index contributed by atoms with van der Waals surface area (Å²) in [5, 5.41) is 17.4. The summed E-state index contributed by atoms with van der Waals surface area (Å²) >= 11 is 0. The van der Waals surface area contributed by atoms with Crippen molar-refractivity contribution in [2.24, 2.45) is 5.92 Å². The highest BCUT2D eigenvalue weighted by atomic mass is 16.3. The minimum Gasteiger partial charge on any atom is -0.396 e. The van der Waals surface area contributed by atoms with Crippen LogP contribution >= 0.6 is 0 Å². The van der Waals surface area contributed by atoms with Crippen molar-refractivity contribution in [3.8, 4) is 11.3 Å². The van der Waals surface area contributed by atoms with Gasteiger partial charge in [-0.25, -0.2) is 0 Å². The fourth-order valence-electron chi connectivity index (χ4n) is 2.71. The average molecular weight is 336 g/mol. The van der Waals surface area contributed by atoms with Gasteiger partial charge in [0.25, 0.3) is 0 Å². The lowest BCUT2D eigenvalue weighted by Gasteiger charge is -2.09. The maximum Gasteiger partial charge on any atom is 0.0983 e. The second-order valence-corrected chi connectivity index (χ2v) is 6.35. The van der Waals surface area contributed by atoms with Crippen LogP contribution < -0.4 is 5.32 Å². The molecule has 0 amide bonds. The first-order valence-corrected chi connectivity index (χ1v) is 8.58. The van der Waals surface area contributed by atoms with E-state index in [1.165, 1.54) is 5.56 Å². The van der Waals surface area contributed by atoms with E-state index in [-0.39, 0.29) is 12.5 Å². The number of benzene rings is 1. The second-order valence-electron chi connectivity index (χ2n) is 6.35. The lowest BCUT2D eigenvalue weighted by molar-refractivity contribution is 0.233. The van der Waals surface area contributed by atoms with Crippen LogP contribution in [0.25, 0.3) is 11.3 Å². The second kappa shape index (κ2) is 8.55. The van der Waals surface area contributed by atoms with Gasteiger partial charge >= 0.3 is 0 Å². The molecular formula is C20H24N4O. The summed E-state index contributed by atoms with van der Waals surface area (Å²) in [6.45, 7) is 4.43.